The summed E-state index contributed by atoms with van der Waals surface area (Å²) in [5.41, 5.74) is 13.3. The molecular weight excluding hydrogens is 709 g/mol. The third kappa shape index (κ3) is 6.51. The lowest BCUT2D eigenvalue weighted by atomic mass is 9.95. The summed E-state index contributed by atoms with van der Waals surface area (Å²) in [6.07, 6.45) is 10.6. The first-order valence-corrected chi connectivity index (χ1v) is 18.7. The molecule has 0 saturated heterocycles. The van der Waals surface area contributed by atoms with Crippen LogP contribution in [0.2, 0.25) is 0 Å². The average molecular weight is 749 g/mol. The van der Waals surface area contributed by atoms with Crippen LogP contribution in [0.25, 0.3) is 22.3 Å². The van der Waals surface area contributed by atoms with E-state index in [1.54, 1.807) is 28.4 Å². The number of benzene rings is 4. The Bertz CT molecular complexity index is 2840. The van der Waals surface area contributed by atoms with Crippen LogP contribution in [0.4, 0.5) is 0 Å². The van der Waals surface area contributed by atoms with Gasteiger partial charge in [0.25, 0.3) is 0 Å². The topological polar surface area (TPSA) is 82.4 Å². The third-order valence-corrected chi connectivity index (χ3v) is 10.6. The summed E-state index contributed by atoms with van der Waals surface area (Å²) in [5, 5.41) is 1.84. The molecule has 280 valence electrons. The summed E-state index contributed by atoms with van der Waals surface area (Å²) in [6.45, 7) is 0. The first kappa shape index (κ1) is 35.4. The van der Waals surface area contributed by atoms with Crippen molar-refractivity contribution in [3.8, 4) is 23.0 Å². The fourth-order valence-corrected chi connectivity index (χ4v) is 7.72. The van der Waals surface area contributed by atoms with Crippen LogP contribution in [0.5, 0.6) is 23.0 Å². The predicted octanol–water partition coefficient (Wildman–Crippen LogP) is 8.04. The number of nitrogens with zero attached hydrogens (tertiary/aromatic N) is 3. The van der Waals surface area contributed by atoms with Gasteiger partial charge in [0.15, 0.2) is 0 Å². The Labute approximate surface area is 331 Å². The minimum Gasteiger partial charge on any atom is -0.497 e. The highest BCUT2D eigenvalue weighted by molar-refractivity contribution is 6.31. The zero-order valence-electron chi connectivity index (χ0n) is 32.3. The molecule has 8 nitrogen and oxygen atoms in total. The van der Waals surface area contributed by atoms with E-state index in [9.17, 15) is 0 Å². The van der Waals surface area contributed by atoms with Crippen molar-refractivity contribution in [2.24, 2.45) is 17.0 Å². The molecule has 0 spiro atoms. The minimum absolute atomic E-state index is 0.782. The number of methoxy groups -OCH3 is 4. The van der Waals surface area contributed by atoms with Gasteiger partial charge in [0.05, 0.1) is 57.0 Å². The first-order chi connectivity index (χ1) is 27.9. The molecule has 0 unspecified atom stereocenters. The Morgan fingerprint density at radius 1 is 0.421 bits per heavy atom. The summed E-state index contributed by atoms with van der Waals surface area (Å²) >= 11 is 0. The average Bonchev–Trinajstić information content (AvgIpc) is 4.09. The highest BCUT2D eigenvalue weighted by Gasteiger charge is 2.24. The highest BCUT2D eigenvalue weighted by Crippen LogP contribution is 2.38. The van der Waals surface area contributed by atoms with Gasteiger partial charge in [0, 0.05) is 51.8 Å². The van der Waals surface area contributed by atoms with Crippen LogP contribution in [-0.2, 0) is 7.05 Å². The molecule has 3 aliphatic heterocycles. The van der Waals surface area contributed by atoms with Crippen molar-refractivity contribution in [2.45, 2.75) is 0 Å². The fourth-order valence-electron chi connectivity index (χ4n) is 7.72. The zero-order chi connectivity index (χ0) is 39.0. The number of aromatic nitrogens is 2. The third-order valence-electron chi connectivity index (χ3n) is 10.6. The predicted molar refractivity (Wildman–Crippen MR) is 228 cm³/mol. The SMILES string of the molecule is COc1ccc(C2=C3C=CC(=N3)C(c3ccc(OC)cc3)=c3ccc([nH]3)=C(c3ccc(OC)cc3)C3=NC(=C(c4ccc(OC)cc4)c4cc2cn4C)C=C3)cc1. The van der Waals surface area contributed by atoms with Gasteiger partial charge in [-0.25, -0.2) is 9.98 Å². The van der Waals surface area contributed by atoms with E-state index in [0.29, 0.717) is 0 Å². The largest absolute Gasteiger partial charge is 0.497 e. The number of allylic oxidation sites excluding steroid dienone is 4. The molecule has 0 radical (unpaired) electrons. The number of aryl methyl sites for hydroxylation is 1. The van der Waals surface area contributed by atoms with Crippen LogP contribution in [0.1, 0.15) is 33.5 Å². The van der Waals surface area contributed by atoms with Crippen molar-refractivity contribution in [1.29, 1.82) is 0 Å². The molecule has 8 heteroatoms. The van der Waals surface area contributed by atoms with Gasteiger partial charge < -0.3 is 28.5 Å². The molecule has 0 aliphatic carbocycles. The van der Waals surface area contributed by atoms with E-state index in [0.717, 1.165) is 112 Å². The lowest BCUT2D eigenvalue weighted by molar-refractivity contribution is 0.414. The van der Waals surface area contributed by atoms with Crippen molar-refractivity contribution in [3.05, 3.63) is 201 Å². The molecule has 0 fully saturated rings. The maximum atomic E-state index is 5.56. The number of hydrogen-bond donors (Lipinski definition) is 1. The number of rotatable bonds is 8. The maximum absolute atomic E-state index is 5.56. The number of hydrogen-bond acceptors (Lipinski definition) is 6. The van der Waals surface area contributed by atoms with Gasteiger partial charge in [-0.1, -0.05) is 48.5 Å². The monoisotopic (exact) mass is 748 g/mol. The Morgan fingerprint density at radius 2 is 0.789 bits per heavy atom. The lowest BCUT2D eigenvalue weighted by Crippen LogP contribution is -2.21. The molecule has 3 aliphatic rings. The molecule has 4 aromatic carbocycles. The number of ether oxygens (including phenoxy) is 4. The summed E-state index contributed by atoms with van der Waals surface area (Å²) in [6, 6.07) is 39.1. The maximum Gasteiger partial charge on any atom is 0.118 e. The quantitative estimate of drug-likeness (QED) is 0.171. The first-order valence-electron chi connectivity index (χ1n) is 18.7. The van der Waals surface area contributed by atoms with Crippen LogP contribution >= 0.6 is 0 Å². The van der Waals surface area contributed by atoms with Crippen LogP contribution in [0, 0.1) is 0 Å². The Kier molecular flexibility index (Phi) is 9.14. The fraction of sp³-hybridized carbons (Fsp3) is 0.102. The highest BCUT2D eigenvalue weighted by atomic mass is 16.5. The van der Waals surface area contributed by atoms with E-state index < -0.39 is 0 Å². The number of fused-ring (bicyclic) bond motifs is 6. The normalized spacial score (nSPS) is 14.6. The smallest absolute Gasteiger partial charge is 0.118 e. The molecule has 1 N–H and O–H groups in total. The van der Waals surface area contributed by atoms with E-state index in [1.807, 2.05) is 48.5 Å². The molecule has 0 atom stereocenters. The second-order valence-electron chi connectivity index (χ2n) is 13.9. The van der Waals surface area contributed by atoms with Crippen molar-refractivity contribution < 1.29 is 18.9 Å². The van der Waals surface area contributed by atoms with Gasteiger partial charge in [-0.15, -0.1) is 0 Å². The standard InChI is InChI=1S/C49H40N4O4/c1-53-29-34-28-45(53)49(33-12-20-38(57-5)21-13-33)44-27-26-43(52-44)48(32-10-18-37(56-4)19-11-32)42-25-24-41(51-42)47(31-8-16-36(55-3)17-9-31)40-23-22-39(50-40)46(34)30-6-14-35(54-2)15-7-30/h6-29,51H,1-5H3. The van der Waals surface area contributed by atoms with Gasteiger partial charge >= 0.3 is 0 Å². The Balaban J connectivity index is 1.40. The Hall–Kier alpha value is -7.32. The summed E-state index contributed by atoms with van der Waals surface area (Å²) in [5.74, 6) is 3.14. The minimum atomic E-state index is 0.782. The molecular formula is C49H40N4O4. The molecule has 6 aromatic rings. The zero-order valence-corrected chi connectivity index (χ0v) is 32.3. The summed E-state index contributed by atoms with van der Waals surface area (Å²) in [7, 11) is 8.81. The molecule has 2 aromatic heterocycles. The molecule has 8 bridgehead atoms. The second-order valence-corrected chi connectivity index (χ2v) is 13.9. The number of aromatic amines is 1. The Morgan fingerprint density at radius 3 is 1.19 bits per heavy atom. The van der Waals surface area contributed by atoms with Gasteiger partial charge in [-0.2, -0.15) is 0 Å². The van der Waals surface area contributed by atoms with E-state index in [1.165, 1.54) is 0 Å². The van der Waals surface area contributed by atoms with E-state index in [2.05, 4.69) is 114 Å². The van der Waals surface area contributed by atoms with Crippen LogP contribution in [0.15, 0.2) is 167 Å². The lowest BCUT2D eigenvalue weighted by Gasteiger charge is -2.13. The number of aliphatic imine (C=N–C) groups is 2. The van der Waals surface area contributed by atoms with E-state index in [-0.39, 0.29) is 0 Å². The molecule has 5 heterocycles. The van der Waals surface area contributed by atoms with Gasteiger partial charge in [0.1, 0.15) is 23.0 Å². The number of nitrogens with one attached hydrogen (secondary N) is 1. The van der Waals surface area contributed by atoms with E-state index in [4.69, 9.17) is 28.9 Å². The van der Waals surface area contributed by atoms with Crippen molar-refractivity contribution in [1.82, 2.24) is 9.55 Å². The van der Waals surface area contributed by atoms with Gasteiger partial charge in [-0.3, -0.25) is 0 Å². The van der Waals surface area contributed by atoms with Crippen LogP contribution in [0.3, 0.4) is 0 Å². The van der Waals surface area contributed by atoms with Gasteiger partial charge in [0.2, 0.25) is 0 Å². The molecule has 0 amide bonds. The van der Waals surface area contributed by atoms with Crippen molar-refractivity contribution in [3.63, 3.8) is 0 Å². The van der Waals surface area contributed by atoms with E-state index >= 15 is 0 Å². The summed E-state index contributed by atoms with van der Waals surface area (Å²) < 4.78 is 24.4. The molecule has 9 rings (SSSR count). The van der Waals surface area contributed by atoms with Crippen molar-refractivity contribution >= 4 is 33.7 Å². The number of H-pyrrole nitrogens is 1. The van der Waals surface area contributed by atoms with Crippen molar-refractivity contribution in [2.75, 3.05) is 28.4 Å². The molecule has 57 heavy (non-hydrogen) atoms. The van der Waals surface area contributed by atoms with Gasteiger partial charge in [-0.05, 0) is 113 Å². The second kappa shape index (κ2) is 14.7. The van der Waals surface area contributed by atoms with Crippen LogP contribution in [-0.4, -0.2) is 49.4 Å². The van der Waals surface area contributed by atoms with Crippen LogP contribution < -0.4 is 29.6 Å². The summed E-state index contributed by atoms with van der Waals surface area (Å²) in [4.78, 5) is 14.7. The molecule has 0 saturated carbocycles.